The van der Waals surface area contributed by atoms with Crippen LogP contribution in [0, 0.1) is 5.92 Å². The molecule has 1 aliphatic heterocycles. The van der Waals surface area contributed by atoms with Crippen LogP contribution in [0.4, 0.5) is 0 Å². The van der Waals surface area contributed by atoms with Gasteiger partial charge in [-0.05, 0) is 32.1 Å². The summed E-state index contributed by atoms with van der Waals surface area (Å²) in [6, 6.07) is 0.313. The fourth-order valence-corrected chi connectivity index (χ4v) is 5.23. The molecule has 0 bridgehead atoms. The number of aryl methyl sites for hydroxylation is 3. The minimum absolute atomic E-state index is 0.0444. The molecule has 2 aromatic heterocycles. The number of hydrogen-bond donors (Lipinski definition) is 1. The molecular formula is C19H23N5O2S. The van der Waals surface area contributed by atoms with Crippen molar-refractivity contribution in [1.82, 2.24) is 24.8 Å². The summed E-state index contributed by atoms with van der Waals surface area (Å²) in [5.41, 5.74) is 1.97. The Kier molecular flexibility index (Phi) is 4.03. The minimum atomic E-state index is -0.253. The van der Waals surface area contributed by atoms with Crippen molar-refractivity contribution < 1.29 is 9.59 Å². The Morgan fingerprint density at radius 1 is 1.26 bits per heavy atom. The Balaban J connectivity index is 1.38. The molecule has 3 aliphatic rings. The lowest BCUT2D eigenvalue weighted by Crippen LogP contribution is -2.36. The molecule has 0 spiro atoms. The van der Waals surface area contributed by atoms with Crippen LogP contribution in [-0.4, -0.2) is 50.4 Å². The van der Waals surface area contributed by atoms with Gasteiger partial charge in [-0.2, -0.15) is 0 Å². The van der Waals surface area contributed by atoms with Crippen LogP contribution in [0.3, 0.4) is 0 Å². The van der Waals surface area contributed by atoms with Crippen LogP contribution < -0.4 is 5.32 Å². The number of rotatable bonds is 4. The number of fused-ring (bicyclic) bond motifs is 1. The highest BCUT2D eigenvalue weighted by Gasteiger charge is 2.43. The van der Waals surface area contributed by atoms with E-state index in [0.29, 0.717) is 24.1 Å². The summed E-state index contributed by atoms with van der Waals surface area (Å²) >= 11 is 1.53. The van der Waals surface area contributed by atoms with Gasteiger partial charge in [0.1, 0.15) is 0 Å². The summed E-state index contributed by atoms with van der Waals surface area (Å²) in [6.07, 6.45) is 8.96. The Morgan fingerprint density at radius 3 is 2.81 bits per heavy atom. The largest absolute Gasteiger partial charge is 0.353 e. The number of likely N-dealkylation sites (tertiary alicyclic amines) is 1. The van der Waals surface area contributed by atoms with Crippen LogP contribution >= 0.6 is 11.3 Å². The third-order valence-corrected chi connectivity index (χ3v) is 6.90. The number of nitrogens with one attached hydrogen (secondary N) is 1. The zero-order valence-corrected chi connectivity index (χ0v) is 16.2. The number of nitrogens with zero attached hydrogens (tertiary/aromatic N) is 4. The molecule has 0 radical (unpaired) electrons. The molecule has 2 fully saturated rings. The van der Waals surface area contributed by atoms with E-state index in [4.69, 9.17) is 0 Å². The van der Waals surface area contributed by atoms with Gasteiger partial charge in [-0.1, -0.05) is 0 Å². The third-order valence-electron chi connectivity index (χ3n) is 5.75. The van der Waals surface area contributed by atoms with E-state index >= 15 is 0 Å². The molecule has 142 valence electrons. The molecule has 1 saturated carbocycles. The highest BCUT2D eigenvalue weighted by Crippen LogP contribution is 2.35. The molecule has 0 unspecified atom stereocenters. The van der Waals surface area contributed by atoms with Gasteiger partial charge >= 0.3 is 0 Å². The van der Waals surface area contributed by atoms with Crippen molar-refractivity contribution >= 4 is 23.2 Å². The molecular weight excluding hydrogens is 362 g/mol. The molecule has 5 rings (SSSR count). The van der Waals surface area contributed by atoms with Crippen molar-refractivity contribution in [3.05, 3.63) is 33.8 Å². The normalized spacial score (nSPS) is 24.3. The third kappa shape index (κ3) is 3.16. The molecule has 3 heterocycles. The van der Waals surface area contributed by atoms with Crippen LogP contribution in [0.15, 0.2) is 12.5 Å². The zero-order valence-electron chi connectivity index (χ0n) is 15.4. The number of amides is 2. The zero-order chi connectivity index (χ0) is 18.5. The maximum Gasteiger partial charge on any atom is 0.282 e. The summed E-state index contributed by atoms with van der Waals surface area (Å²) in [5, 5.41) is 3.68. The van der Waals surface area contributed by atoms with E-state index in [2.05, 4.69) is 15.3 Å². The Hall–Kier alpha value is -2.22. The van der Waals surface area contributed by atoms with Gasteiger partial charge in [0.15, 0.2) is 5.01 Å². The predicted molar refractivity (Wildman–Crippen MR) is 101 cm³/mol. The first-order valence-corrected chi connectivity index (χ1v) is 10.5. The fourth-order valence-electron chi connectivity index (χ4n) is 4.11. The maximum absolute atomic E-state index is 13.1. The second kappa shape index (κ2) is 6.44. The molecule has 8 heteroatoms. The predicted octanol–water partition coefficient (Wildman–Crippen LogP) is 1.50. The van der Waals surface area contributed by atoms with Crippen LogP contribution in [0.5, 0.6) is 0 Å². The number of hydrogen-bond acceptors (Lipinski definition) is 5. The van der Waals surface area contributed by atoms with Gasteiger partial charge in [0.25, 0.3) is 5.91 Å². The van der Waals surface area contributed by atoms with E-state index in [0.717, 1.165) is 43.5 Å². The molecule has 2 aliphatic carbocycles. The second-order valence-electron chi connectivity index (χ2n) is 7.91. The summed E-state index contributed by atoms with van der Waals surface area (Å²) in [4.78, 5) is 37.9. The van der Waals surface area contributed by atoms with Crippen molar-refractivity contribution in [2.45, 2.75) is 44.1 Å². The lowest BCUT2D eigenvalue weighted by Gasteiger charge is -2.15. The van der Waals surface area contributed by atoms with Gasteiger partial charge < -0.3 is 14.8 Å². The number of aromatic nitrogens is 3. The first-order chi connectivity index (χ1) is 13.1. The first-order valence-electron chi connectivity index (χ1n) is 9.64. The summed E-state index contributed by atoms with van der Waals surface area (Å²) < 4.78 is 1.89. The molecule has 1 saturated heterocycles. The standard InChI is InChI=1S/C19H23N5O2S/c1-23-9-15(20-10-23)12-7-24(8-13(12)17(25)21-11-5-6-11)19(26)18-22-14-3-2-4-16(14)27-18/h9-13H,2-8H2,1H3,(H,21,25)/t12-,13-/m1/s1. The lowest BCUT2D eigenvalue weighted by molar-refractivity contribution is -0.125. The van der Waals surface area contributed by atoms with E-state index in [1.165, 1.54) is 16.2 Å². The number of carbonyl (C=O) groups excluding carboxylic acids is 2. The second-order valence-corrected chi connectivity index (χ2v) is 9.00. The number of carbonyl (C=O) groups is 2. The van der Waals surface area contributed by atoms with E-state index in [1.807, 2.05) is 17.8 Å². The molecule has 7 nitrogen and oxygen atoms in total. The van der Waals surface area contributed by atoms with E-state index in [9.17, 15) is 9.59 Å². The van der Waals surface area contributed by atoms with E-state index in [-0.39, 0.29) is 23.7 Å². The number of thiazole rings is 1. The van der Waals surface area contributed by atoms with Crippen molar-refractivity contribution in [2.24, 2.45) is 13.0 Å². The topological polar surface area (TPSA) is 80.1 Å². The van der Waals surface area contributed by atoms with Crippen LogP contribution in [-0.2, 0) is 24.7 Å². The van der Waals surface area contributed by atoms with Gasteiger partial charge in [0, 0.05) is 43.2 Å². The monoisotopic (exact) mass is 385 g/mol. The van der Waals surface area contributed by atoms with Crippen molar-refractivity contribution in [2.75, 3.05) is 13.1 Å². The van der Waals surface area contributed by atoms with Crippen molar-refractivity contribution in [1.29, 1.82) is 0 Å². The molecule has 1 N–H and O–H groups in total. The van der Waals surface area contributed by atoms with Crippen LogP contribution in [0.1, 0.15) is 51.2 Å². The average molecular weight is 385 g/mol. The molecule has 2 aromatic rings. The highest BCUT2D eigenvalue weighted by molar-refractivity contribution is 7.13. The summed E-state index contributed by atoms with van der Waals surface area (Å²) in [5.74, 6) is -0.320. The van der Waals surface area contributed by atoms with E-state index in [1.54, 1.807) is 11.2 Å². The highest BCUT2D eigenvalue weighted by atomic mass is 32.1. The van der Waals surface area contributed by atoms with Gasteiger partial charge in [0.2, 0.25) is 5.91 Å². The summed E-state index contributed by atoms with van der Waals surface area (Å²) in [6.45, 7) is 0.950. The Bertz CT molecular complexity index is 878. The average Bonchev–Trinajstić information content (AvgIpc) is 3.06. The quantitative estimate of drug-likeness (QED) is 0.865. The SMILES string of the molecule is Cn1cnc([C@@H]2CN(C(=O)c3nc4c(s3)CCC4)C[C@H]2C(=O)NC2CC2)c1. The van der Waals surface area contributed by atoms with Crippen molar-refractivity contribution in [3.63, 3.8) is 0 Å². The summed E-state index contributed by atoms with van der Waals surface area (Å²) in [7, 11) is 1.92. The van der Waals surface area contributed by atoms with Gasteiger partial charge in [-0.15, -0.1) is 11.3 Å². The van der Waals surface area contributed by atoms with E-state index < -0.39 is 0 Å². The Morgan fingerprint density at radius 2 is 2.11 bits per heavy atom. The fraction of sp³-hybridized carbons (Fsp3) is 0.579. The molecule has 2 amide bonds. The van der Waals surface area contributed by atoms with Gasteiger partial charge in [-0.3, -0.25) is 9.59 Å². The van der Waals surface area contributed by atoms with Gasteiger partial charge in [0.05, 0.1) is 23.6 Å². The molecule has 2 atom stereocenters. The minimum Gasteiger partial charge on any atom is -0.353 e. The Labute approximate surface area is 161 Å². The smallest absolute Gasteiger partial charge is 0.282 e. The number of imidazole rings is 1. The lowest BCUT2D eigenvalue weighted by atomic mass is 9.92. The van der Waals surface area contributed by atoms with Gasteiger partial charge in [-0.25, -0.2) is 9.97 Å². The maximum atomic E-state index is 13.1. The molecule has 27 heavy (non-hydrogen) atoms. The van der Waals surface area contributed by atoms with Crippen molar-refractivity contribution in [3.8, 4) is 0 Å². The first kappa shape index (κ1) is 16.9. The van der Waals surface area contributed by atoms with Crippen LogP contribution in [0.2, 0.25) is 0 Å². The molecule has 0 aromatic carbocycles. The van der Waals surface area contributed by atoms with Crippen LogP contribution in [0.25, 0.3) is 0 Å².